The highest BCUT2D eigenvalue weighted by molar-refractivity contribution is 6.30. The molecule has 0 N–H and O–H groups in total. The maximum absolute atomic E-state index is 12.7. The van der Waals surface area contributed by atoms with E-state index >= 15 is 0 Å². The molecule has 1 aromatic carbocycles. The highest BCUT2D eigenvalue weighted by Crippen LogP contribution is 2.43. The summed E-state index contributed by atoms with van der Waals surface area (Å²) in [6.07, 6.45) is 3.15. The molecule has 1 aromatic rings. The minimum absolute atomic E-state index is 0.314. The van der Waals surface area contributed by atoms with Gasteiger partial charge in [-0.2, -0.15) is 0 Å². The average Bonchev–Trinajstić information content (AvgIpc) is 3.10. The van der Waals surface area contributed by atoms with Crippen LogP contribution < -0.4 is 0 Å². The third-order valence-electron chi connectivity index (χ3n) is 4.38. The van der Waals surface area contributed by atoms with Crippen molar-refractivity contribution in [3.8, 4) is 0 Å². The van der Waals surface area contributed by atoms with Crippen LogP contribution in [-0.2, 0) is 24.5 Å². The van der Waals surface area contributed by atoms with Crippen LogP contribution in [0.15, 0.2) is 24.3 Å². The van der Waals surface area contributed by atoms with E-state index in [0.717, 1.165) is 31.2 Å². The van der Waals surface area contributed by atoms with Gasteiger partial charge in [-0.1, -0.05) is 36.6 Å². The summed E-state index contributed by atoms with van der Waals surface area (Å²) < 4.78 is 10.3. The summed E-state index contributed by atoms with van der Waals surface area (Å²) >= 11 is 5.92. The van der Waals surface area contributed by atoms with Crippen molar-refractivity contribution < 1.29 is 19.1 Å². The van der Waals surface area contributed by atoms with Crippen LogP contribution in [0.4, 0.5) is 0 Å². The third kappa shape index (κ3) is 2.64. The molecule has 1 atom stereocenters. The number of hydrogen-bond donors (Lipinski definition) is 0. The van der Waals surface area contributed by atoms with Gasteiger partial charge >= 0.3 is 11.9 Å². The summed E-state index contributed by atoms with van der Waals surface area (Å²) in [5, 5.41) is 0.639. The van der Waals surface area contributed by atoms with E-state index in [1.165, 1.54) is 0 Å². The molecule has 1 saturated carbocycles. The second kappa shape index (κ2) is 5.68. The van der Waals surface area contributed by atoms with E-state index in [1.807, 2.05) is 12.1 Å². The van der Waals surface area contributed by atoms with Crippen molar-refractivity contribution in [2.45, 2.75) is 43.6 Å². The van der Waals surface area contributed by atoms with Crippen LogP contribution in [0.2, 0.25) is 5.02 Å². The Morgan fingerprint density at radius 3 is 2.48 bits per heavy atom. The van der Waals surface area contributed by atoms with Gasteiger partial charge in [0.05, 0.1) is 12.0 Å². The van der Waals surface area contributed by atoms with Gasteiger partial charge in [0, 0.05) is 11.4 Å². The Kier molecular flexibility index (Phi) is 3.89. The lowest BCUT2D eigenvalue weighted by Crippen LogP contribution is -2.38. The lowest BCUT2D eigenvalue weighted by atomic mass is 9.79. The standard InChI is InChI=1S/C16H17ClO4/c17-12-5-3-11(4-6-12)16(8-1-2-9-16)15(19)21-13-7-10-20-14(13)18/h3-6,13H,1-2,7-10H2/t13-/m0/s1. The van der Waals surface area contributed by atoms with E-state index in [-0.39, 0.29) is 5.97 Å². The van der Waals surface area contributed by atoms with Gasteiger partial charge < -0.3 is 9.47 Å². The number of cyclic esters (lactones) is 1. The number of benzene rings is 1. The van der Waals surface area contributed by atoms with Crippen molar-refractivity contribution in [2.24, 2.45) is 0 Å². The van der Waals surface area contributed by atoms with Crippen molar-refractivity contribution in [3.63, 3.8) is 0 Å². The minimum Gasteiger partial charge on any atom is -0.463 e. The van der Waals surface area contributed by atoms with Crippen LogP contribution in [0, 0.1) is 0 Å². The first kappa shape index (κ1) is 14.4. The summed E-state index contributed by atoms with van der Waals surface area (Å²) in [5.74, 6) is -0.751. The quantitative estimate of drug-likeness (QED) is 0.806. The lowest BCUT2D eigenvalue weighted by molar-refractivity contribution is -0.164. The van der Waals surface area contributed by atoms with Crippen molar-refractivity contribution in [1.82, 2.24) is 0 Å². The molecule has 0 unspecified atom stereocenters. The zero-order valence-corrected chi connectivity index (χ0v) is 12.4. The van der Waals surface area contributed by atoms with Crippen LogP contribution in [0.1, 0.15) is 37.7 Å². The van der Waals surface area contributed by atoms with E-state index in [4.69, 9.17) is 21.1 Å². The van der Waals surface area contributed by atoms with E-state index in [0.29, 0.717) is 18.1 Å². The Morgan fingerprint density at radius 1 is 1.24 bits per heavy atom. The molecule has 0 radical (unpaired) electrons. The predicted octanol–water partition coefficient (Wildman–Crippen LogP) is 3.01. The van der Waals surface area contributed by atoms with Gasteiger partial charge in [0.2, 0.25) is 6.10 Å². The van der Waals surface area contributed by atoms with Gasteiger partial charge in [-0.3, -0.25) is 4.79 Å². The molecule has 0 spiro atoms. The molecular weight excluding hydrogens is 292 g/mol. The maximum Gasteiger partial charge on any atom is 0.347 e. The molecule has 1 saturated heterocycles. The molecule has 0 amide bonds. The predicted molar refractivity (Wildman–Crippen MR) is 77.1 cm³/mol. The summed E-state index contributed by atoms with van der Waals surface area (Å²) in [6, 6.07) is 7.33. The zero-order chi connectivity index (χ0) is 14.9. The van der Waals surface area contributed by atoms with Crippen molar-refractivity contribution in [3.05, 3.63) is 34.9 Å². The molecule has 1 aliphatic heterocycles. The van der Waals surface area contributed by atoms with Crippen LogP contribution in [-0.4, -0.2) is 24.6 Å². The first-order chi connectivity index (χ1) is 10.1. The van der Waals surface area contributed by atoms with Crippen molar-refractivity contribution in [1.29, 1.82) is 0 Å². The van der Waals surface area contributed by atoms with Gasteiger partial charge in [-0.15, -0.1) is 0 Å². The Bertz CT molecular complexity index is 546. The summed E-state index contributed by atoms with van der Waals surface area (Å²) in [5.41, 5.74) is 0.272. The molecule has 1 heterocycles. The Labute approximate surface area is 128 Å². The smallest absolute Gasteiger partial charge is 0.347 e. The van der Waals surface area contributed by atoms with Crippen LogP contribution in [0.25, 0.3) is 0 Å². The van der Waals surface area contributed by atoms with E-state index < -0.39 is 17.5 Å². The molecule has 0 aromatic heterocycles. The summed E-state index contributed by atoms with van der Waals surface area (Å²) in [7, 11) is 0. The molecule has 21 heavy (non-hydrogen) atoms. The summed E-state index contributed by atoms with van der Waals surface area (Å²) in [6.45, 7) is 0.324. The number of carbonyl (C=O) groups excluding carboxylic acids is 2. The number of rotatable bonds is 3. The van der Waals surface area contributed by atoms with E-state index in [2.05, 4.69) is 0 Å². The van der Waals surface area contributed by atoms with E-state index in [1.54, 1.807) is 12.1 Å². The Hall–Kier alpha value is -1.55. The number of carbonyl (C=O) groups is 2. The van der Waals surface area contributed by atoms with Gasteiger partial charge in [-0.25, -0.2) is 4.79 Å². The largest absolute Gasteiger partial charge is 0.463 e. The first-order valence-electron chi connectivity index (χ1n) is 7.26. The van der Waals surface area contributed by atoms with Crippen molar-refractivity contribution in [2.75, 3.05) is 6.61 Å². The van der Waals surface area contributed by atoms with Crippen LogP contribution in [0.5, 0.6) is 0 Å². The fourth-order valence-corrected chi connectivity index (χ4v) is 3.31. The van der Waals surface area contributed by atoms with Crippen molar-refractivity contribution >= 4 is 23.5 Å². The third-order valence-corrected chi connectivity index (χ3v) is 4.63. The van der Waals surface area contributed by atoms with Gasteiger partial charge in [-0.05, 0) is 30.5 Å². The molecular formula is C16H17ClO4. The number of ether oxygens (including phenoxy) is 2. The molecule has 2 fully saturated rings. The number of esters is 2. The topological polar surface area (TPSA) is 52.6 Å². The minimum atomic E-state index is -0.748. The first-order valence-corrected chi connectivity index (χ1v) is 7.63. The highest BCUT2D eigenvalue weighted by Gasteiger charge is 2.46. The van der Waals surface area contributed by atoms with Crippen LogP contribution in [0.3, 0.4) is 0 Å². The fourth-order valence-electron chi connectivity index (χ4n) is 3.18. The van der Waals surface area contributed by atoms with E-state index in [9.17, 15) is 9.59 Å². The fraction of sp³-hybridized carbons (Fsp3) is 0.500. The second-order valence-electron chi connectivity index (χ2n) is 5.65. The molecule has 5 heteroatoms. The maximum atomic E-state index is 12.7. The Morgan fingerprint density at radius 2 is 1.90 bits per heavy atom. The monoisotopic (exact) mass is 308 g/mol. The highest BCUT2D eigenvalue weighted by atomic mass is 35.5. The van der Waals surface area contributed by atoms with Crippen LogP contribution >= 0.6 is 11.6 Å². The number of hydrogen-bond acceptors (Lipinski definition) is 4. The Balaban J connectivity index is 1.84. The normalized spacial score (nSPS) is 23.9. The van der Waals surface area contributed by atoms with Gasteiger partial charge in [0.25, 0.3) is 0 Å². The zero-order valence-electron chi connectivity index (χ0n) is 11.6. The molecule has 0 bridgehead atoms. The second-order valence-corrected chi connectivity index (χ2v) is 6.08. The van der Waals surface area contributed by atoms with Gasteiger partial charge in [0.15, 0.2) is 0 Å². The molecule has 112 valence electrons. The summed E-state index contributed by atoms with van der Waals surface area (Å²) in [4.78, 5) is 24.2. The molecule has 1 aliphatic carbocycles. The average molecular weight is 309 g/mol. The molecule has 2 aliphatic rings. The number of halogens is 1. The lowest BCUT2D eigenvalue weighted by Gasteiger charge is -2.28. The SMILES string of the molecule is O=C1OCC[C@@H]1OC(=O)C1(c2ccc(Cl)cc2)CCCC1. The molecule has 4 nitrogen and oxygen atoms in total. The van der Waals surface area contributed by atoms with Gasteiger partial charge in [0.1, 0.15) is 0 Å². The molecule has 3 rings (SSSR count).